The van der Waals surface area contributed by atoms with Crippen LogP contribution >= 0.6 is 0 Å². The molecule has 176 valence electrons. The molecule has 0 atom stereocenters. The molecule has 0 bridgehead atoms. The Morgan fingerprint density at radius 2 is 1.59 bits per heavy atom. The van der Waals surface area contributed by atoms with Crippen molar-refractivity contribution in [3.05, 3.63) is 83.9 Å². The molecule has 0 saturated carbocycles. The Bertz CT molecular complexity index is 1290. The Labute approximate surface area is 199 Å². The van der Waals surface area contributed by atoms with Crippen molar-refractivity contribution in [2.45, 2.75) is 23.7 Å². The number of nitrogens with zero attached hydrogens (tertiary/aromatic N) is 1. The lowest BCUT2D eigenvalue weighted by Crippen LogP contribution is -2.37. The van der Waals surface area contributed by atoms with Crippen molar-refractivity contribution in [3.63, 3.8) is 0 Å². The molecule has 0 aliphatic carbocycles. The first-order valence-electron chi connectivity index (χ1n) is 11.4. The first-order chi connectivity index (χ1) is 16.5. The van der Waals surface area contributed by atoms with Crippen molar-refractivity contribution in [1.29, 1.82) is 0 Å². The van der Waals surface area contributed by atoms with E-state index in [1.165, 1.54) is 17.7 Å². The molecular formula is C26H26N2O5S. The summed E-state index contributed by atoms with van der Waals surface area (Å²) < 4.78 is 39.4. The molecule has 0 spiro atoms. The molecule has 1 fully saturated rings. The van der Waals surface area contributed by atoms with E-state index in [4.69, 9.17) is 9.47 Å². The summed E-state index contributed by atoms with van der Waals surface area (Å²) >= 11 is 0. The lowest BCUT2D eigenvalue weighted by Gasteiger charge is -2.32. The minimum Gasteiger partial charge on any atom is -0.486 e. The molecule has 1 saturated heterocycles. The predicted molar refractivity (Wildman–Crippen MR) is 129 cm³/mol. The number of anilines is 1. The van der Waals surface area contributed by atoms with E-state index < -0.39 is 10.0 Å². The van der Waals surface area contributed by atoms with Crippen LogP contribution in [0, 0.1) is 0 Å². The van der Waals surface area contributed by atoms with Crippen molar-refractivity contribution in [2.24, 2.45) is 0 Å². The molecule has 3 aromatic rings. The van der Waals surface area contributed by atoms with Gasteiger partial charge in [-0.2, -0.15) is 0 Å². The van der Waals surface area contributed by atoms with E-state index in [0.717, 1.165) is 12.8 Å². The zero-order valence-electron chi connectivity index (χ0n) is 18.6. The Kier molecular flexibility index (Phi) is 6.15. The summed E-state index contributed by atoms with van der Waals surface area (Å²) in [7, 11) is -3.86. The fourth-order valence-electron chi connectivity index (χ4n) is 4.44. The van der Waals surface area contributed by atoms with Crippen LogP contribution < -0.4 is 14.2 Å². The van der Waals surface area contributed by atoms with E-state index in [2.05, 4.69) is 16.9 Å². The number of hydrogen-bond acceptors (Lipinski definition) is 5. The van der Waals surface area contributed by atoms with Gasteiger partial charge in [0.05, 0.1) is 4.90 Å². The highest BCUT2D eigenvalue weighted by Crippen LogP contribution is 2.33. The van der Waals surface area contributed by atoms with Gasteiger partial charge >= 0.3 is 0 Å². The van der Waals surface area contributed by atoms with Gasteiger partial charge in [-0.1, -0.05) is 36.4 Å². The molecule has 3 aromatic carbocycles. The van der Waals surface area contributed by atoms with Gasteiger partial charge in [-0.15, -0.1) is 0 Å². The predicted octanol–water partition coefficient (Wildman–Crippen LogP) is 4.28. The van der Waals surface area contributed by atoms with Crippen LogP contribution in [0.3, 0.4) is 0 Å². The van der Waals surface area contributed by atoms with E-state index in [1.807, 2.05) is 23.1 Å². The van der Waals surface area contributed by atoms with Gasteiger partial charge in [-0.05, 0) is 54.7 Å². The van der Waals surface area contributed by atoms with E-state index in [1.54, 1.807) is 30.3 Å². The normalized spacial score (nSPS) is 16.2. The minimum absolute atomic E-state index is 0.0662. The van der Waals surface area contributed by atoms with Gasteiger partial charge in [-0.3, -0.25) is 9.52 Å². The number of piperidine rings is 1. The number of carbonyl (C=O) groups is 1. The smallest absolute Gasteiger partial charge is 0.262 e. The summed E-state index contributed by atoms with van der Waals surface area (Å²) in [6, 6.07) is 21.5. The van der Waals surface area contributed by atoms with Crippen LogP contribution in [0.25, 0.3) is 0 Å². The Balaban J connectivity index is 1.27. The Morgan fingerprint density at radius 1 is 0.853 bits per heavy atom. The molecule has 34 heavy (non-hydrogen) atoms. The molecule has 1 N–H and O–H groups in total. The first-order valence-corrected chi connectivity index (χ1v) is 12.8. The number of amides is 1. The van der Waals surface area contributed by atoms with Gasteiger partial charge < -0.3 is 14.4 Å². The number of nitrogens with one attached hydrogen (secondary N) is 1. The summed E-state index contributed by atoms with van der Waals surface area (Å²) in [5, 5.41) is 0. The summed E-state index contributed by atoms with van der Waals surface area (Å²) in [4.78, 5) is 15.0. The molecule has 8 heteroatoms. The Hall–Kier alpha value is -3.52. The molecular weight excluding hydrogens is 452 g/mol. The lowest BCUT2D eigenvalue weighted by atomic mass is 9.89. The zero-order valence-corrected chi connectivity index (χ0v) is 19.5. The molecule has 2 aliphatic rings. The van der Waals surface area contributed by atoms with Crippen molar-refractivity contribution in [1.82, 2.24) is 4.90 Å². The van der Waals surface area contributed by atoms with Gasteiger partial charge in [0, 0.05) is 30.4 Å². The summed E-state index contributed by atoms with van der Waals surface area (Å²) in [6.07, 6.45) is 1.82. The monoisotopic (exact) mass is 478 g/mol. The highest BCUT2D eigenvalue weighted by atomic mass is 32.2. The summed E-state index contributed by atoms with van der Waals surface area (Å²) in [5.41, 5.74) is 2.10. The highest BCUT2D eigenvalue weighted by molar-refractivity contribution is 7.92. The van der Waals surface area contributed by atoms with Crippen LogP contribution in [0.1, 0.15) is 34.7 Å². The third kappa shape index (κ3) is 4.72. The molecule has 1 amide bonds. The lowest BCUT2D eigenvalue weighted by molar-refractivity contribution is 0.0713. The number of benzene rings is 3. The molecule has 0 aromatic heterocycles. The topological polar surface area (TPSA) is 84.9 Å². The van der Waals surface area contributed by atoms with Crippen LogP contribution in [0.4, 0.5) is 5.69 Å². The molecule has 0 radical (unpaired) electrons. The number of sulfonamides is 1. The summed E-state index contributed by atoms with van der Waals surface area (Å²) in [5.74, 6) is 1.28. The standard InChI is InChI=1S/C26H26N2O5S/c29-26(28-13-11-20(12-14-28)19-5-2-1-3-6-19)21-7-4-8-22(17-21)27-34(30,31)23-9-10-24-25(18-23)33-16-15-32-24/h1-10,17-18,20,27H,11-16H2. The van der Waals surface area contributed by atoms with Gasteiger partial charge in [0.15, 0.2) is 11.5 Å². The number of ether oxygens (including phenoxy) is 2. The average molecular weight is 479 g/mol. The number of likely N-dealkylation sites (tertiary alicyclic amines) is 1. The highest BCUT2D eigenvalue weighted by Gasteiger charge is 2.25. The van der Waals surface area contributed by atoms with Crippen molar-refractivity contribution in [2.75, 3.05) is 31.0 Å². The summed E-state index contributed by atoms with van der Waals surface area (Å²) in [6.45, 7) is 2.15. The maximum absolute atomic E-state index is 13.1. The molecule has 0 unspecified atom stereocenters. The Morgan fingerprint density at radius 3 is 2.35 bits per heavy atom. The first kappa shape index (κ1) is 22.3. The van der Waals surface area contributed by atoms with Crippen LogP contribution in [0.5, 0.6) is 11.5 Å². The van der Waals surface area contributed by atoms with Gasteiger partial charge in [0.1, 0.15) is 13.2 Å². The van der Waals surface area contributed by atoms with E-state index in [-0.39, 0.29) is 10.8 Å². The number of rotatable bonds is 5. The van der Waals surface area contributed by atoms with Crippen molar-refractivity contribution in [3.8, 4) is 11.5 Å². The average Bonchev–Trinajstić information content (AvgIpc) is 2.88. The molecule has 2 aliphatic heterocycles. The maximum Gasteiger partial charge on any atom is 0.262 e. The van der Waals surface area contributed by atoms with E-state index in [0.29, 0.717) is 55.0 Å². The fraction of sp³-hybridized carbons (Fsp3) is 0.269. The van der Waals surface area contributed by atoms with E-state index in [9.17, 15) is 13.2 Å². The van der Waals surface area contributed by atoms with Crippen LogP contribution in [0.15, 0.2) is 77.7 Å². The van der Waals surface area contributed by atoms with Crippen molar-refractivity contribution < 1.29 is 22.7 Å². The maximum atomic E-state index is 13.1. The van der Waals surface area contributed by atoms with E-state index >= 15 is 0 Å². The third-order valence-electron chi connectivity index (χ3n) is 6.24. The van der Waals surface area contributed by atoms with Crippen LogP contribution in [-0.4, -0.2) is 45.5 Å². The second kappa shape index (κ2) is 9.38. The molecule has 7 nitrogen and oxygen atoms in total. The van der Waals surface area contributed by atoms with Gasteiger partial charge in [-0.25, -0.2) is 8.42 Å². The second-order valence-corrected chi connectivity index (χ2v) is 10.2. The zero-order chi connectivity index (χ0) is 23.5. The van der Waals surface area contributed by atoms with Crippen LogP contribution in [0.2, 0.25) is 0 Å². The van der Waals surface area contributed by atoms with Crippen molar-refractivity contribution >= 4 is 21.6 Å². The molecule has 2 heterocycles. The van der Waals surface area contributed by atoms with Crippen LogP contribution in [-0.2, 0) is 10.0 Å². The fourth-order valence-corrected chi connectivity index (χ4v) is 5.51. The molecule has 5 rings (SSSR count). The second-order valence-electron chi connectivity index (χ2n) is 8.47. The number of hydrogen-bond donors (Lipinski definition) is 1. The SMILES string of the molecule is O=C(c1cccc(NS(=O)(=O)c2ccc3c(c2)OCCO3)c1)N1CCC(c2ccccc2)CC1. The van der Waals surface area contributed by atoms with Gasteiger partial charge in [0.2, 0.25) is 0 Å². The largest absolute Gasteiger partial charge is 0.486 e. The number of fused-ring (bicyclic) bond motifs is 1. The third-order valence-corrected chi connectivity index (χ3v) is 7.62. The quantitative estimate of drug-likeness (QED) is 0.592. The van der Waals surface area contributed by atoms with Gasteiger partial charge in [0.25, 0.3) is 15.9 Å². The minimum atomic E-state index is -3.86. The number of carbonyl (C=O) groups excluding carboxylic acids is 1.